The highest BCUT2D eigenvalue weighted by atomic mass is 16.2. The Morgan fingerprint density at radius 2 is 1.96 bits per heavy atom. The molecule has 0 atom stereocenters. The summed E-state index contributed by atoms with van der Waals surface area (Å²) in [5, 5.41) is 4.54. The molecule has 0 saturated carbocycles. The first-order chi connectivity index (χ1) is 12.3. The highest BCUT2D eigenvalue weighted by Crippen LogP contribution is 2.38. The number of hydrogen-bond acceptors (Lipinski definition) is 3. The molecule has 5 rings (SSSR count). The number of aryl methyl sites for hydroxylation is 1. The number of likely N-dealkylation sites (tertiary alicyclic amines) is 1. The van der Waals surface area contributed by atoms with Crippen LogP contribution in [-0.4, -0.2) is 42.0 Å². The van der Waals surface area contributed by atoms with Crippen molar-refractivity contribution in [2.75, 3.05) is 26.2 Å². The molecule has 1 N–H and O–H groups in total. The summed E-state index contributed by atoms with van der Waals surface area (Å²) in [5.41, 5.74) is 4.72. The van der Waals surface area contributed by atoms with Gasteiger partial charge in [-0.25, -0.2) is 0 Å². The lowest BCUT2D eigenvalue weighted by molar-refractivity contribution is 0.0608. The number of nitrogens with zero attached hydrogens (tertiary/aromatic N) is 2. The molecule has 0 unspecified atom stereocenters. The molecule has 4 nitrogen and oxygen atoms in total. The Morgan fingerprint density at radius 1 is 1.12 bits per heavy atom. The Labute approximate surface area is 148 Å². The maximum absolute atomic E-state index is 13.5. The number of piperidine rings is 1. The van der Waals surface area contributed by atoms with E-state index < -0.39 is 0 Å². The molecule has 1 spiro atoms. The standard InChI is InChI=1S/C21H25N3O/c25-20(24-12-9-21(10-13-24)8-11-22-14-21)19-15-4-1-2-6-17(15)23-18-7-3-5-16(18)19/h1-2,4,6,22H,3,5,7-14H2. The van der Waals surface area contributed by atoms with Crippen molar-refractivity contribution < 1.29 is 4.79 Å². The number of pyridine rings is 1. The van der Waals surface area contributed by atoms with Gasteiger partial charge in [-0.3, -0.25) is 9.78 Å². The van der Waals surface area contributed by atoms with Crippen molar-refractivity contribution in [3.8, 4) is 0 Å². The van der Waals surface area contributed by atoms with E-state index in [1.165, 1.54) is 12.0 Å². The van der Waals surface area contributed by atoms with Crippen LogP contribution < -0.4 is 5.32 Å². The number of amides is 1. The molecule has 130 valence electrons. The number of aromatic nitrogens is 1. The summed E-state index contributed by atoms with van der Waals surface area (Å²) >= 11 is 0. The number of carbonyl (C=O) groups is 1. The molecule has 3 heterocycles. The van der Waals surface area contributed by atoms with Crippen LogP contribution >= 0.6 is 0 Å². The number of nitrogens with one attached hydrogen (secondary N) is 1. The van der Waals surface area contributed by atoms with E-state index in [2.05, 4.69) is 16.3 Å². The largest absolute Gasteiger partial charge is 0.339 e. The number of benzene rings is 1. The molecule has 1 amide bonds. The monoisotopic (exact) mass is 335 g/mol. The number of carbonyl (C=O) groups excluding carboxylic acids is 1. The number of rotatable bonds is 1. The molecule has 4 heteroatoms. The number of hydrogen-bond donors (Lipinski definition) is 1. The second kappa shape index (κ2) is 5.80. The molecular weight excluding hydrogens is 310 g/mol. The van der Waals surface area contributed by atoms with Crippen LogP contribution in [0.3, 0.4) is 0 Å². The fraction of sp³-hybridized carbons (Fsp3) is 0.524. The predicted octanol–water partition coefficient (Wildman–Crippen LogP) is 2.94. The van der Waals surface area contributed by atoms with Crippen LogP contribution in [0.4, 0.5) is 0 Å². The van der Waals surface area contributed by atoms with Crippen molar-refractivity contribution in [3.05, 3.63) is 41.1 Å². The van der Waals surface area contributed by atoms with Gasteiger partial charge in [-0.1, -0.05) is 18.2 Å². The third kappa shape index (κ3) is 2.46. The zero-order valence-electron chi connectivity index (χ0n) is 14.7. The van der Waals surface area contributed by atoms with Gasteiger partial charge in [-0.05, 0) is 62.1 Å². The van der Waals surface area contributed by atoms with Crippen molar-refractivity contribution in [1.82, 2.24) is 15.2 Å². The van der Waals surface area contributed by atoms with Gasteiger partial charge < -0.3 is 10.2 Å². The Bertz CT molecular complexity index is 828. The molecule has 1 aromatic carbocycles. The van der Waals surface area contributed by atoms with Gasteiger partial charge in [0, 0.05) is 30.7 Å². The van der Waals surface area contributed by atoms with Crippen molar-refractivity contribution in [1.29, 1.82) is 0 Å². The summed E-state index contributed by atoms with van der Waals surface area (Å²) in [6.45, 7) is 4.05. The molecule has 0 bridgehead atoms. The topological polar surface area (TPSA) is 45.2 Å². The molecule has 2 saturated heterocycles. The second-order valence-electron chi connectivity index (χ2n) is 8.00. The maximum Gasteiger partial charge on any atom is 0.254 e. The van der Waals surface area contributed by atoms with Crippen LogP contribution in [-0.2, 0) is 12.8 Å². The summed E-state index contributed by atoms with van der Waals surface area (Å²) in [4.78, 5) is 20.4. The van der Waals surface area contributed by atoms with E-state index >= 15 is 0 Å². The van der Waals surface area contributed by atoms with Gasteiger partial charge in [0.1, 0.15) is 0 Å². The molecule has 0 radical (unpaired) electrons. The van der Waals surface area contributed by atoms with Gasteiger partial charge in [-0.2, -0.15) is 0 Å². The highest BCUT2D eigenvalue weighted by molar-refractivity contribution is 6.07. The molecule has 1 aliphatic carbocycles. The van der Waals surface area contributed by atoms with Crippen molar-refractivity contribution >= 4 is 16.8 Å². The fourth-order valence-electron chi connectivity index (χ4n) is 5.02. The predicted molar refractivity (Wildman–Crippen MR) is 98.8 cm³/mol. The molecule has 2 aliphatic heterocycles. The van der Waals surface area contributed by atoms with Crippen molar-refractivity contribution in [2.45, 2.75) is 38.5 Å². The van der Waals surface area contributed by atoms with Crippen LogP contribution in [0.1, 0.15) is 47.3 Å². The Hall–Kier alpha value is -1.94. The molecule has 1 aromatic heterocycles. The third-order valence-corrected chi connectivity index (χ3v) is 6.58. The van der Waals surface area contributed by atoms with Gasteiger partial charge >= 0.3 is 0 Å². The van der Waals surface area contributed by atoms with Crippen LogP contribution in [0, 0.1) is 5.41 Å². The fourth-order valence-corrected chi connectivity index (χ4v) is 5.02. The Morgan fingerprint density at radius 3 is 2.76 bits per heavy atom. The van der Waals surface area contributed by atoms with E-state index in [9.17, 15) is 4.79 Å². The van der Waals surface area contributed by atoms with Crippen LogP contribution in [0.15, 0.2) is 24.3 Å². The summed E-state index contributed by atoms with van der Waals surface area (Å²) in [5.74, 6) is 0.234. The minimum atomic E-state index is 0.234. The lowest BCUT2D eigenvalue weighted by atomic mass is 9.77. The van der Waals surface area contributed by atoms with Gasteiger partial charge in [0.2, 0.25) is 0 Å². The third-order valence-electron chi connectivity index (χ3n) is 6.58. The average Bonchev–Trinajstić information content (AvgIpc) is 3.29. The number of fused-ring (bicyclic) bond motifs is 2. The first kappa shape index (κ1) is 15.3. The molecular formula is C21H25N3O. The van der Waals surface area contributed by atoms with Gasteiger partial charge in [0.15, 0.2) is 0 Å². The van der Waals surface area contributed by atoms with Gasteiger partial charge in [-0.15, -0.1) is 0 Å². The van der Waals surface area contributed by atoms with E-state index in [4.69, 9.17) is 4.98 Å². The molecule has 2 fully saturated rings. The van der Waals surface area contributed by atoms with E-state index in [1.807, 2.05) is 18.2 Å². The minimum absolute atomic E-state index is 0.234. The highest BCUT2D eigenvalue weighted by Gasteiger charge is 2.39. The van der Waals surface area contributed by atoms with Crippen LogP contribution in [0.5, 0.6) is 0 Å². The summed E-state index contributed by atoms with van der Waals surface area (Å²) < 4.78 is 0. The van der Waals surface area contributed by atoms with Crippen molar-refractivity contribution in [3.63, 3.8) is 0 Å². The van der Waals surface area contributed by atoms with Crippen LogP contribution in [0.2, 0.25) is 0 Å². The molecule has 25 heavy (non-hydrogen) atoms. The SMILES string of the molecule is O=C(c1c2c(nc3ccccc13)CCC2)N1CCC2(CCNC2)CC1. The van der Waals surface area contributed by atoms with E-state index in [-0.39, 0.29) is 5.91 Å². The van der Waals surface area contributed by atoms with E-state index in [0.717, 1.165) is 80.4 Å². The van der Waals surface area contributed by atoms with E-state index in [1.54, 1.807) is 0 Å². The van der Waals surface area contributed by atoms with Gasteiger partial charge in [0.05, 0.1) is 11.1 Å². The summed E-state index contributed by atoms with van der Waals surface area (Å²) in [6, 6.07) is 8.15. The Balaban J connectivity index is 1.50. The first-order valence-electron chi connectivity index (χ1n) is 9.66. The first-order valence-corrected chi connectivity index (χ1v) is 9.66. The quantitative estimate of drug-likeness (QED) is 0.871. The van der Waals surface area contributed by atoms with Crippen molar-refractivity contribution in [2.24, 2.45) is 5.41 Å². The second-order valence-corrected chi connectivity index (χ2v) is 8.00. The van der Waals surface area contributed by atoms with E-state index in [0.29, 0.717) is 5.41 Å². The lowest BCUT2D eigenvalue weighted by Gasteiger charge is -2.39. The Kier molecular flexibility index (Phi) is 3.56. The summed E-state index contributed by atoms with van der Waals surface area (Å²) in [7, 11) is 0. The summed E-state index contributed by atoms with van der Waals surface area (Å²) in [6.07, 6.45) is 6.66. The normalized spacial score (nSPS) is 21.8. The molecule has 3 aliphatic rings. The maximum atomic E-state index is 13.5. The minimum Gasteiger partial charge on any atom is -0.339 e. The van der Waals surface area contributed by atoms with Gasteiger partial charge in [0.25, 0.3) is 5.91 Å². The molecule has 2 aromatic rings. The number of para-hydroxylation sites is 1. The average molecular weight is 335 g/mol. The zero-order valence-corrected chi connectivity index (χ0v) is 14.7. The smallest absolute Gasteiger partial charge is 0.254 e. The zero-order chi connectivity index (χ0) is 16.9. The van der Waals surface area contributed by atoms with Crippen LogP contribution in [0.25, 0.3) is 10.9 Å². The lowest BCUT2D eigenvalue weighted by Crippen LogP contribution is -2.44.